The van der Waals surface area contributed by atoms with Crippen molar-refractivity contribution in [2.24, 2.45) is 0 Å². The van der Waals surface area contributed by atoms with Gasteiger partial charge in [-0.3, -0.25) is 14.4 Å². The average Bonchev–Trinajstić information content (AvgIpc) is 2.80. The fraction of sp³-hybridized carbons (Fsp3) is 0.483. The third-order valence-corrected chi connectivity index (χ3v) is 5.95. The van der Waals surface area contributed by atoms with Crippen LogP contribution in [0.3, 0.4) is 0 Å². The van der Waals surface area contributed by atoms with Crippen molar-refractivity contribution in [1.29, 1.82) is 0 Å². The van der Waals surface area contributed by atoms with Crippen LogP contribution in [0.2, 0.25) is 0 Å². The molecule has 0 unspecified atom stereocenters. The molecule has 196 valence electrons. The highest BCUT2D eigenvalue weighted by Gasteiger charge is 2.34. The zero-order chi connectivity index (χ0) is 26.7. The number of hydrogen-bond acceptors (Lipinski definition) is 6. The number of hydrogen-bond donors (Lipinski definition) is 1. The fourth-order valence-electron chi connectivity index (χ4n) is 4.19. The summed E-state index contributed by atoms with van der Waals surface area (Å²) >= 11 is 0. The van der Waals surface area contributed by atoms with Crippen LogP contribution in [-0.2, 0) is 30.3 Å². The molecule has 0 aliphatic heterocycles. The van der Waals surface area contributed by atoms with Gasteiger partial charge in [0.15, 0.2) is 0 Å². The van der Waals surface area contributed by atoms with Crippen molar-refractivity contribution in [3.05, 3.63) is 53.1 Å². The molecule has 0 aromatic heterocycles. The third-order valence-electron chi connectivity index (χ3n) is 5.95. The second-order valence-corrected chi connectivity index (χ2v) is 9.35. The number of aryl methyl sites for hydroxylation is 3. The minimum Gasteiger partial charge on any atom is -0.494 e. The monoisotopic (exact) mass is 497 g/mol. The van der Waals surface area contributed by atoms with E-state index in [-0.39, 0.29) is 19.1 Å². The van der Waals surface area contributed by atoms with Gasteiger partial charge in [0.1, 0.15) is 24.5 Å². The van der Waals surface area contributed by atoms with Gasteiger partial charge >= 0.3 is 11.9 Å². The predicted molar refractivity (Wildman–Crippen MR) is 140 cm³/mol. The topological polar surface area (TPSA) is 90.9 Å². The van der Waals surface area contributed by atoms with E-state index in [0.717, 1.165) is 47.5 Å². The summed E-state index contributed by atoms with van der Waals surface area (Å²) < 4.78 is 16.3. The van der Waals surface area contributed by atoms with Gasteiger partial charge in [0.25, 0.3) is 0 Å². The number of carbonyl (C=O) groups is 3. The molecule has 0 atom stereocenters. The summed E-state index contributed by atoms with van der Waals surface area (Å²) in [6.45, 7) is 10.9. The lowest BCUT2D eigenvalue weighted by atomic mass is 9.90. The Balaban J connectivity index is 2.20. The van der Waals surface area contributed by atoms with E-state index in [2.05, 4.69) is 62.5 Å². The lowest BCUT2D eigenvalue weighted by Gasteiger charge is -2.33. The Hall–Kier alpha value is -3.35. The molecule has 0 saturated heterocycles. The zero-order valence-corrected chi connectivity index (χ0v) is 22.4. The summed E-state index contributed by atoms with van der Waals surface area (Å²) in [6.07, 6.45) is 3.15. The lowest BCUT2D eigenvalue weighted by Crippen LogP contribution is -2.55. The molecule has 0 aliphatic carbocycles. The van der Waals surface area contributed by atoms with Crippen LogP contribution in [0, 0.1) is 13.8 Å². The molecule has 36 heavy (non-hydrogen) atoms. The number of unbranched alkanes of at least 4 members (excludes halogenated alkanes) is 1. The molecule has 0 fully saturated rings. The van der Waals surface area contributed by atoms with Crippen LogP contribution in [0.4, 0.5) is 0 Å². The second-order valence-electron chi connectivity index (χ2n) is 9.35. The smallest absolute Gasteiger partial charge is 0.302 e. The molecule has 2 aromatic carbocycles. The highest BCUT2D eigenvalue weighted by atomic mass is 16.5. The van der Waals surface area contributed by atoms with Gasteiger partial charge in [-0.05, 0) is 73.1 Å². The van der Waals surface area contributed by atoms with Crippen molar-refractivity contribution in [3.8, 4) is 16.9 Å². The van der Waals surface area contributed by atoms with E-state index in [1.165, 1.54) is 26.3 Å². The Morgan fingerprint density at radius 2 is 1.44 bits per heavy atom. The van der Waals surface area contributed by atoms with Crippen molar-refractivity contribution >= 4 is 17.8 Å². The Morgan fingerprint density at radius 3 is 1.92 bits per heavy atom. The van der Waals surface area contributed by atoms with Crippen LogP contribution in [0.1, 0.15) is 63.6 Å². The Morgan fingerprint density at radius 1 is 0.889 bits per heavy atom. The van der Waals surface area contributed by atoms with Gasteiger partial charge in [-0.2, -0.15) is 0 Å². The van der Waals surface area contributed by atoms with E-state index in [1.807, 2.05) is 0 Å². The number of rotatable bonds is 13. The number of ether oxygens (including phenoxy) is 3. The normalized spacial score (nSPS) is 11.1. The summed E-state index contributed by atoms with van der Waals surface area (Å²) in [5.41, 5.74) is 4.64. The summed E-state index contributed by atoms with van der Waals surface area (Å²) in [5.74, 6) is -0.333. The molecule has 1 N–H and O–H groups in total. The first-order valence-corrected chi connectivity index (χ1v) is 12.4. The third kappa shape index (κ3) is 9.02. The largest absolute Gasteiger partial charge is 0.494 e. The standard InChI is InChI=1S/C29H39NO6/c1-7-8-15-34-27-16-20(2)28(21(3)17-27)26-11-9-25(10-12-26)13-14-29(30-22(4)31,18-35-23(5)32)19-36-24(6)33/h9-12,16-17H,7-8,13-15,18-19H2,1-6H3,(H,30,31). The predicted octanol–water partition coefficient (Wildman–Crippen LogP) is 5.08. The zero-order valence-electron chi connectivity index (χ0n) is 22.4. The van der Waals surface area contributed by atoms with E-state index >= 15 is 0 Å². The van der Waals surface area contributed by atoms with E-state index in [1.54, 1.807) is 0 Å². The number of amides is 1. The number of nitrogens with one attached hydrogen (secondary N) is 1. The van der Waals surface area contributed by atoms with Gasteiger partial charge in [-0.15, -0.1) is 0 Å². The van der Waals surface area contributed by atoms with Crippen LogP contribution >= 0.6 is 0 Å². The maximum atomic E-state index is 11.9. The molecule has 0 heterocycles. The second kappa shape index (κ2) is 13.7. The first-order valence-electron chi connectivity index (χ1n) is 12.4. The van der Waals surface area contributed by atoms with Crippen LogP contribution in [-0.4, -0.2) is 43.2 Å². The Kier molecular flexibility index (Phi) is 11.0. The summed E-state index contributed by atoms with van der Waals surface area (Å²) in [6, 6.07) is 12.4. The lowest BCUT2D eigenvalue weighted by molar-refractivity contribution is -0.150. The molecule has 2 rings (SSSR count). The molecule has 0 radical (unpaired) electrons. The molecule has 2 aromatic rings. The van der Waals surface area contributed by atoms with Crippen molar-refractivity contribution in [3.63, 3.8) is 0 Å². The maximum Gasteiger partial charge on any atom is 0.302 e. The quantitative estimate of drug-likeness (QED) is 0.306. The van der Waals surface area contributed by atoms with E-state index in [0.29, 0.717) is 12.8 Å². The van der Waals surface area contributed by atoms with Gasteiger partial charge in [0, 0.05) is 20.8 Å². The first kappa shape index (κ1) is 28.9. The molecule has 1 amide bonds. The van der Waals surface area contributed by atoms with Gasteiger partial charge in [-0.25, -0.2) is 0 Å². The molecule has 0 saturated carbocycles. The van der Waals surface area contributed by atoms with Crippen LogP contribution in [0.5, 0.6) is 5.75 Å². The summed E-state index contributed by atoms with van der Waals surface area (Å²) in [4.78, 5) is 34.8. The minimum absolute atomic E-state index is 0.0850. The van der Waals surface area contributed by atoms with E-state index in [9.17, 15) is 14.4 Å². The SMILES string of the molecule is CCCCOc1cc(C)c(-c2ccc(CCC(COC(C)=O)(COC(C)=O)NC(C)=O)cc2)c(C)c1. The molecule has 0 aliphatic rings. The highest BCUT2D eigenvalue weighted by molar-refractivity contribution is 5.74. The van der Waals surface area contributed by atoms with Crippen LogP contribution in [0.25, 0.3) is 11.1 Å². The first-order chi connectivity index (χ1) is 17.0. The molecular weight excluding hydrogens is 458 g/mol. The molecule has 0 bridgehead atoms. The Labute approximate surface area is 214 Å². The summed E-state index contributed by atoms with van der Waals surface area (Å²) in [7, 11) is 0. The summed E-state index contributed by atoms with van der Waals surface area (Å²) in [5, 5.41) is 2.84. The average molecular weight is 498 g/mol. The van der Waals surface area contributed by atoms with Gasteiger partial charge in [0.2, 0.25) is 5.91 Å². The van der Waals surface area contributed by atoms with E-state index < -0.39 is 17.5 Å². The maximum absolute atomic E-state index is 11.9. The number of carbonyl (C=O) groups excluding carboxylic acids is 3. The van der Waals surface area contributed by atoms with E-state index in [4.69, 9.17) is 14.2 Å². The van der Waals surface area contributed by atoms with Gasteiger partial charge in [-0.1, -0.05) is 37.6 Å². The van der Waals surface area contributed by atoms with Crippen molar-refractivity contribution < 1.29 is 28.6 Å². The van der Waals surface area contributed by atoms with Gasteiger partial charge < -0.3 is 19.5 Å². The minimum atomic E-state index is -1.01. The van der Waals surface area contributed by atoms with Crippen LogP contribution in [0.15, 0.2) is 36.4 Å². The number of benzene rings is 2. The molecule has 7 heteroatoms. The molecular formula is C29H39NO6. The van der Waals surface area contributed by atoms with Crippen molar-refractivity contribution in [1.82, 2.24) is 5.32 Å². The van der Waals surface area contributed by atoms with Crippen molar-refractivity contribution in [2.75, 3.05) is 19.8 Å². The van der Waals surface area contributed by atoms with Crippen molar-refractivity contribution in [2.45, 2.75) is 72.8 Å². The highest BCUT2D eigenvalue weighted by Crippen LogP contribution is 2.31. The van der Waals surface area contributed by atoms with Crippen LogP contribution < -0.4 is 10.1 Å². The van der Waals surface area contributed by atoms with Gasteiger partial charge in [0.05, 0.1) is 6.61 Å². The molecule has 0 spiro atoms. The number of esters is 2. The fourth-order valence-corrected chi connectivity index (χ4v) is 4.19. The Bertz CT molecular complexity index is 1000. The molecule has 7 nitrogen and oxygen atoms in total.